The van der Waals surface area contributed by atoms with Crippen molar-refractivity contribution in [3.05, 3.63) is 63.7 Å². The van der Waals surface area contributed by atoms with Crippen LogP contribution in [-0.2, 0) is 0 Å². The van der Waals surface area contributed by atoms with Gasteiger partial charge in [0.1, 0.15) is 5.75 Å². The van der Waals surface area contributed by atoms with Crippen molar-refractivity contribution in [2.75, 3.05) is 20.2 Å². The Morgan fingerprint density at radius 2 is 1.76 bits per heavy atom. The highest BCUT2D eigenvalue weighted by Crippen LogP contribution is 2.10. The van der Waals surface area contributed by atoms with Crippen molar-refractivity contribution in [1.82, 2.24) is 4.90 Å². The van der Waals surface area contributed by atoms with Crippen molar-refractivity contribution in [2.45, 2.75) is 6.42 Å². The molecule has 0 aromatic heterocycles. The lowest BCUT2D eigenvalue weighted by molar-refractivity contribution is 0.0788. The molecule has 0 heterocycles. The van der Waals surface area contributed by atoms with Gasteiger partial charge < -0.3 is 9.64 Å². The molecule has 3 nitrogen and oxygen atoms in total. The number of halogens is 1. The van der Waals surface area contributed by atoms with Gasteiger partial charge in [0, 0.05) is 22.7 Å². The minimum absolute atomic E-state index is 0.0473. The molecule has 21 heavy (non-hydrogen) atoms. The number of hydrogen-bond donors (Lipinski definition) is 0. The lowest BCUT2D eigenvalue weighted by atomic mass is 10.2. The number of para-hydroxylation sites is 1. The molecule has 0 radical (unpaired) electrons. The monoisotopic (exact) mass is 395 g/mol. The maximum atomic E-state index is 12.2. The van der Waals surface area contributed by atoms with Crippen molar-refractivity contribution >= 4 is 28.5 Å². The molecule has 0 saturated carbocycles. The van der Waals surface area contributed by atoms with Crippen LogP contribution in [0.15, 0.2) is 54.6 Å². The SMILES string of the molecule is CN(CCCOc1ccccc1)C(=O)c1ccc(I)cc1. The van der Waals surface area contributed by atoms with Gasteiger partial charge in [-0.15, -0.1) is 0 Å². The van der Waals surface area contributed by atoms with Gasteiger partial charge in [-0.25, -0.2) is 0 Å². The van der Waals surface area contributed by atoms with Gasteiger partial charge in [-0.05, 0) is 65.4 Å². The summed E-state index contributed by atoms with van der Waals surface area (Å²) >= 11 is 2.23. The standard InChI is InChI=1S/C17H18INO2/c1-19(17(20)14-8-10-15(18)11-9-14)12-5-13-21-16-6-3-2-4-7-16/h2-4,6-11H,5,12-13H2,1H3. The average Bonchev–Trinajstić information content (AvgIpc) is 2.52. The van der Waals surface area contributed by atoms with Gasteiger partial charge in [0.05, 0.1) is 6.61 Å². The van der Waals surface area contributed by atoms with Crippen LogP contribution in [-0.4, -0.2) is 31.0 Å². The molecule has 2 rings (SSSR count). The number of hydrogen-bond acceptors (Lipinski definition) is 2. The second kappa shape index (κ2) is 8.02. The topological polar surface area (TPSA) is 29.5 Å². The van der Waals surface area contributed by atoms with Gasteiger partial charge in [-0.2, -0.15) is 0 Å². The third-order valence-electron chi connectivity index (χ3n) is 3.09. The number of benzene rings is 2. The number of nitrogens with zero attached hydrogens (tertiary/aromatic N) is 1. The van der Waals surface area contributed by atoms with E-state index in [-0.39, 0.29) is 5.91 Å². The van der Waals surface area contributed by atoms with Crippen molar-refractivity contribution in [3.63, 3.8) is 0 Å². The molecule has 0 aliphatic heterocycles. The van der Waals surface area contributed by atoms with E-state index >= 15 is 0 Å². The summed E-state index contributed by atoms with van der Waals surface area (Å²) in [4.78, 5) is 13.9. The van der Waals surface area contributed by atoms with Gasteiger partial charge >= 0.3 is 0 Å². The molecular weight excluding hydrogens is 377 g/mol. The molecule has 4 heteroatoms. The van der Waals surface area contributed by atoms with Crippen LogP contribution in [0.25, 0.3) is 0 Å². The Hall–Kier alpha value is -1.56. The molecule has 0 atom stereocenters. The third kappa shape index (κ3) is 5.04. The summed E-state index contributed by atoms with van der Waals surface area (Å²) in [5.74, 6) is 0.912. The molecule has 0 bridgehead atoms. The van der Waals surface area contributed by atoms with E-state index in [2.05, 4.69) is 22.6 Å². The van der Waals surface area contributed by atoms with E-state index in [0.29, 0.717) is 13.2 Å². The number of amides is 1. The molecule has 0 unspecified atom stereocenters. The van der Waals surface area contributed by atoms with E-state index in [1.807, 2.05) is 61.6 Å². The Morgan fingerprint density at radius 3 is 2.43 bits per heavy atom. The number of rotatable bonds is 6. The van der Waals surface area contributed by atoms with E-state index < -0.39 is 0 Å². The first-order valence-corrected chi connectivity index (χ1v) is 7.93. The highest BCUT2D eigenvalue weighted by molar-refractivity contribution is 14.1. The number of carbonyl (C=O) groups excluding carboxylic acids is 1. The Labute approximate surface area is 139 Å². The zero-order valence-electron chi connectivity index (χ0n) is 12.0. The first-order chi connectivity index (χ1) is 10.2. The van der Waals surface area contributed by atoms with Crippen LogP contribution in [0.2, 0.25) is 0 Å². The van der Waals surface area contributed by atoms with E-state index in [9.17, 15) is 4.79 Å². The fraction of sp³-hybridized carbons (Fsp3) is 0.235. The van der Waals surface area contributed by atoms with Crippen LogP contribution in [0.3, 0.4) is 0 Å². The van der Waals surface area contributed by atoms with E-state index in [1.54, 1.807) is 4.90 Å². The van der Waals surface area contributed by atoms with Crippen molar-refractivity contribution in [2.24, 2.45) is 0 Å². The highest BCUT2D eigenvalue weighted by atomic mass is 127. The molecule has 0 spiro atoms. The minimum Gasteiger partial charge on any atom is -0.494 e. The number of ether oxygens (including phenoxy) is 1. The maximum absolute atomic E-state index is 12.2. The molecule has 1 amide bonds. The van der Waals surface area contributed by atoms with Crippen LogP contribution in [0.5, 0.6) is 5.75 Å². The second-order valence-corrected chi connectivity index (χ2v) is 5.99. The van der Waals surface area contributed by atoms with Crippen LogP contribution in [0, 0.1) is 3.57 Å². The third-order valence-corrected chi connectivity index (χ3v) is 3.81. The summed E-state index contributed by atoms with van der Waals surface area (Å²) in [6.45, 7) is 1.28. The molecule has 0 saturated heterocycles. The fourth-order valence-corrected chi connectivity index (χ4v) is 2.28. The van der Waals surface area contributed by atoms with E-state index in [0.717, 1.165) is 21.3 Å². The quantitative estimate of drug-likeness (QED) is 0.550. The summed E-state index contributed by atoms with van der Waals surface area (Å²) in [6, 6.07) is 17.3. The van der Waals surface area contributed by atoms with Gasteiger partial charge in [-0.3, -0.25) is 4.79 Å². The number of carbonyl (C=O) groups is 1. The highest BCUT2D eigenvalue weighted by Gasteiger charge is 2.10. The molecule has 0 fully saturated rings. The van der Waals surface area contributed by atoms with Crippen LogP contribution in [0.4, 0.5) is 0 Å². The maximum Gasteiger partial charge on any atom is 0.253 e. The summed E-state index contributed by atoms with van der Waals surface area (Å²) < 4.78 is 6.75. The fourth-order valence-electron chi connectivity index (χ4n) is 1.92. The Morgan fingerprint density at radius 1 is 1.10 bits per heavy atom. The van der Waals surface area contributed by atoms with Crippen LogP contribution < -0.4 is 4.74 Å². The van der Waals surface area contributed by atoms with Crippen LogP contribution >= 0.6 is 22.6 Å². The second-order valence-electron chi connectivity index (χ2n) is 4.75. The van der Waals surface area contributed by atoms with E-state index in [1.165, 1.54) is 0 Å². The van der Waals surface area contributed by atoms with E-state index in [4.69, 9.17) is 4.74 Å². The van der Waals surface area contributed by atoms with Crippen molar-refractivity contribution < 1.29 is 9.53 Å². The zero-order chi connectivity index (χ0) is 15.1. The Bertz CT molecular complexity index is 569. The molecule has 0 aliphatic rings. The van der Waals surface area contributed by atoms with Crippen molar-refractivity contribution in [1.29, 1.82) is 0 Å². The van der Waals surface area contributed by atoms with Gasteiger partial charge in [0.25, 0.3) is 5.91 Å². The average molecular weight is 395 g/mol. The van der Waals surface area contributed by atoms with Gasteiger partial charge in [-0.1, -0.05) is 18.2 Å². The summed E-state index contributed by atoms with van der Waals surface area (Å²) in [5, 5.41) is 0. The first-order valence-electron chi connectivity index (χ1n) is 6.86. The summed E-state index contributed by atoms with van der Waals surface area (Å²) in [5.41, 5.74) is 0.724. The zero-order valence-corrected chi connectivity index (χ0v) is 14.1. The van der Waals surface area contributed by atoms with Crippen LogP contribution in [0.1, 0.15) is 16.8 Å². The van der Waals surface area contributed by atoms with Crippen molar-refractivity contribution in [3.8, 4) is 5.75 Å². The summed E-state index contributed by atoms with van der Waals surface area (Å²) in [7, 11) is 1.82. The summed E-state index contributed by atoms with van der Waals surface area (Å²) in [6.07, 6.45) is 0.807. The van der Waals surface area contributed by atoms with Gasteiger partial charge in [0.15, 0.2) is 0 Å². The molecule has 0 N–H and O–H groups in total. The minimum atomic E-state index is 0.0473. The molecule has 0 aliphatic carbocycles. The molecule has 2 aromatic carbocycles. The predicted molar refractivity (Wildman–Crippen MR) is 92.7 cm³/mol. The Balaban J connectivity index is 1.75. The molecular formula is C17H18INO2. The molecule has 110 valence electrons. The lowest BCUT2D eigenvalue weighted by Crippen LogP contribution is -2.28. The Kier molecular flexibility index (Phi) is 6.04. The normalized spacial score (nSPS) is 10.2. The first kappa shape index (κ1) is 15.8. The smallest absolute Gasteiger partial charge is 0.253 e. The predicted octanol–water partition coefficient (Wildman–Crippen LogP) is 3.83. The lowest BCUT2D eigenvalue weighted by Gasteiger charge is -2.17. The largest absolute Gasteiger partial charge is 0.494 e. The molecule has 2 aromatic rings. The van der Waals surface area contributed by atoms with Gasteiger partial charge in [0.2, 0.25) is 0 Å².